The Morgan fingerprint density at radius 2 is 1.85 bits per heavy atom. The third-order valence-electron chi connectivity index (χ3n) is 4.53. The van der Waals surface area contributed by atoms with Crippen molar-refractivity contribution >= 4 is 57.1 Å². The molecule has 0 unspecified atom stereocenters. The van der Waals surface area contributed by atoms with Crippen molar-refractivity contribution in [3.8, 4) is 5.69 Å². The number of carbonyl (C=O) groups excluding carboxylic acids is 2. The van der Waals surface area contributed by atoms with Crippen LogP contribution in [0.3, 0.4) is 0 Å². The van der Waals surface area contributed by atoms with E-state index in [-0.39, 0.29) is 11.8 Å². The Balaban J connectivity index is 1.70. The lowest BCUT2D eigenvalue weighted by atomic mass is 9.96. The molecule has 2 aromatic rings. The van der Waals surface area contributed by atoms with Gasteiger partial charge in [-0.05, 0) is 37.9 Å². The molecule has 0 radical (unpaired) electrons. The zero-order valence-electron chi connectivity index (χ0n) is 14.0. The van der Waals surface area contributed by atoms with Gasteiger partial charge in [0.25, 0.3) is 5.91 Å². The quantitative estimate of drug-likeness (QED) is 0.309. The number of hydrogen-bond donors (Lipinski definition) is 0. The summed E-state index contributed by atoms with van der Waals surface area (Å²) in [6.45, 7) is 3.89. The van der Waals surface area contributed by atoms with Gasteiger partial charge in [-0.25, -0.2) is 8.99 Å². The SMILES string of the molecule is CC1(C)SN(c2ccnn2-c2ccccc2)C(=O)[C@@H]1N1C(=O)[C@H](Br)[C@H]1Cl. The van der Waals surface area contributed by atoms with E-state index >= 15 is 0 Å². The first-order valence-corrected chi connectivity index (χ1v) is 10.2. The maximum Gasteiger partial charge on any atom is 0.262 e. The number of β-lactam (4-membered cyclic amide) rings is 1. The van der Waals surface area contributed by atoms with Gasteiger partial charge in [0.15, 0.2) is 0 Å². The molecule has 2 aliphatic heterocycles. The molecular formula is C17H16BrClN4O2S. The molecule has 2 fully saturated rings. The number of aromatic nitrogens is 2. The van der Waals surface area contributed by atoms with Crippen molar-refractivity contribution in [1.29, 1.82) is 0 Å². The minimum absolute atomic E-state index is 0.157. The first-order valence-electron chi connectivity index (χ1n) is 8.06. The van der Waals surface area contributed by atoms with Gasteiger partial charge in [-0.1, -0.05) is 45.7 Å². The van der Waals surface area contributed by atoms with Crippen LogP contribution >= 0.6 is 39.5 Å². The Kier molecular flexibility index (Phi) is 4.32. The number of likely N-dealkylation sites (tertiary alicyclic amines) is 1. The van der Waals surface area contributed by atoms with Gasteiger partial charge in [0.2, 0.25) is 5.91 Å². The Hall–Kier alpha value is -1.51. The lowest BCUT2D eigenvalue weighted by Gasteiger charge is -2.46. The van der Waals surface area contributed by atoms with Crippen LogP contribution in [0.1, 0.15) is 13.8 Å². The van der Waals surface area contributed by atoms with E-state index < -0.39 is 21.1 Å². The molecule has 26 heavy (non-hydrogen) atoms. The molecule has 9 heteroatoms. The molecule has 2 amide bonds. The Morgan fingerprint density at radius 3 is 2.50 bits per heavy atom. The number of hydrogen-bond acceptors (Lipinski definition) is 4. The van der Waals surface area contributed by atoms with E-state index in [0.717, 1.165) is 5.69 Å². The molecule has 3 heterocycles. The molecule has 6 nitrogen and oxygen atoms in total. The van der Waals surface area contributed by atoms with Gasteiger partial charge >= 0.3 is 0 Å². The number of amides is 2. The summed E-state index contributed by atoms with van der Waals surface area (Å²) in [6.07, 6.45) is 1.66. The van der Waals surface area contributed by atoms with Crippen molar-refractivity contribution in [2.45, 2.75) is 35.0 Å². The van der Waals surface area contributed by atoms with E-state index in [9.17, 15) is 9.59 Å². The van der Waals surface area contributed by atoms with E-state index in [1.165, 1.54) is 16.8 Å². The highest BCUT2D eigenvalue weighted by molar-refractivity contribution is 9.10. The van der Waals surface area contributed by atoms with Crippen molar-refractivity contribution in [3.63, 3.8) is 0 Å². The number of rotatable bonds is 3. The van der Waals surface area contributed by atoms with Gasteiger partial charge in [-0.2, -0.15) is 5.10 Å². The Labute approximate surface area is 168 Å². The first kappa shape index (κ1) is 17.9. The third-order valence-corrected chi connectivity index (χ3v) is 7.43. The summed E-state index contributed by atoms with van der Waals surface area (Å²) in [5.41, 5.74) is 0.327. The molecular weight excluding hydrogens is 440 g/mol. The second kappa shape index (κ2) is 6.28. The number of alkyl halides is 2. The van der Waals surface area contributed by atoms with Crippen LogP contribution in [-0.2, 0) is 9.59 Å². The number of nitrogens with zero attached hydrogens (tertiary/aromatic N) is 4. The number of anilines is 1. The van der Waals surface area contributed by atoms with Crippen LogP contribution in [0.4, 0.5) is 5.82 Å². The van der Waals surface area contributed by atoms with Crippen molar-refractivity contribution in [3.05, 3.63) is 42.6 Å². The lowest BCUT2D eigenvalue weighted by molar-refractivity contribution is -0.149. The molecule has 0 bridgehead atoms. The molecule has 0 aliphatic carbocycles. The number of carbonyl (C=O) groups is 2. The van der Waals surface area contributed by atoms with Gasteiger partial charge in [-0.3, -0.25) is 9.59 Å². The summed E-state index contributed by atoms with van der Waals surface area (Å²) in [7, 11) is 0. The normalized spacial score (nSPS) is 27.8. The summed E-state index contributed by atoms with van der Waals surface area (Å²) in [4.78, 5) is 26.5. The number of para-hydroxylation sites is 1. The maximum atomic E-state index is 13.2. The van der Waals surface area contributed by atoms with Crippen molar-refractivity contribution in [2.75, 3.05) is 4.31 Å². The standard InChI is InChI=1S/C17H16BrClN4O2S/c1-17(2)13(21-14(19)12(18)15(21)24)16(25)23(26-17)11-8-9-20-22(11)10-6-4-3-5-7-10/h3-9,12-14H,1-2H3/t12-,13+,14+/m1/s1. The van der Waals surface area contributed by atoms with Crippen LogP contribution in [0, 0.1) is 0 Å². The minimum Gasteiger partial charge on any atom is -0.310 e. The molecule has 2 aliphatic rings. The Morgan fingerprint density at radius 1 is 1.15 bits per heavy atom. The first-order chi connectivity index (χ1) is 12.3. The third kappa shape index (κ3) is 2.58. The Bertz CT molecular complexity index is 875. The fourth-order valence-electron chi connectivity index (χ4n) is 3.28. The van der Waals surface area contributed by atoms with Crippen molar-refractivity contribution in [1.82, 2.24) is 14.7 Å². The van der Waals surface area contributed by atoms with Crippen LogP contribution in [0.25, 0.3) is 5.69 Å². The largest absolute Gasteiger partial charge is 0.310 e. The van der Waals surface area contributed by atoms with Crippen LogP contribution in [-0.4, -0.2) is 47.6 Å². The average molecular weight is 456 g/mol. The van der Waals surface area contributed by atoms with Gasteiger partial charge < -0.3 is 4.90 Å². The average Bonchev–Trinajstić information content (AvgIpc) is 3.20. The van der Waals surface area contributed by atoms with Crippen molar-refractivity contribution in [2.24, 2.45) is 0 Å². The molecule has 0 N–H and O–H groups in total. The number of benzene rings is 1. The summed E-state index contributed by atoms with van der Waals surface area (Å²) in [5.74, 6) is 0.322. The van der Waals surface area contributed by atoms with E-state index in [1.807, 2.05) is 44.2 Å². The lowest BCUT2D eigenvalue weighted by Crippen LogP contribution is -2.67. The predicted molar refractivity (Wildman–Crippen MR) is 106 cm³/mol. The number of halogens is 2. The van der Waals surface area contributed by atoms with Crippen LogP contribution < -0.4 is 4.31 Å². The summed E-state index contributed by atoms with van der Waals surface area (Å²) in [5, 5.41) is 4.35. The van der Waals surface area contributed by atoms with Crippen molar-refractivity contribution < 1.29 is 9.59 Å². The maximum absolute atomic E-state index is 13.2. The van der Waals surface area contributed by atoms with E-state index in [1.54, 1.807) is 21.3 Å². The molecule has 2 saturated heterocycles. The highest BCUT2D eigenvalue weighted by Gasteiger charge is 2.60. The van der Waals surface area contributed by atoms with E-state index in [4.69, 9.17) is 11.6 Å². The summed E-state index contributed by atoms with van der Waals surface area (Å²) < 4.78 is 2.81. The molecule has 0 saturated carbocycles. The van der Waals surface area contributed by atoms with Gasteiger partial charge in [-0.15, -0.1) is 0 Å². The summed E-state index contributed by atoms with van der Waals surface area (Å²) in [6, 6.07) is 10.8. The monoisotopic (exact) mass is 454 g/mol. The molecule has 3 atom stereocenters. The van der Waals surface area contributed by atoms with Gasteiger partial charge in [0, 0.05) is 6.07 Å². The van der Waals surface area contributed by atoms with Crippen LogP contribution in [0.5, 0.6) is 0 Å². The highest BCUT2D eigenvalue weighted by atomic mass is 79.9. The molecule has 1 aromatic heterocycles. The molecule has 0 spiro atoms. The van der Waals surface area contributed by atoms with Gasteiger partial charge in [0.05, 0.1) is 16.6 Å². The fourth-order valence-corrected chi connectivity index (χ4v) is 5.29. The zero-order chi connectivity index (χ0) is 18.6. The van der Waals surface area contributed by atoms with E-state index in [0.29, 0.717) is 5.82 Å². The minimum atomic E-state index is -0.629. The fraction of sp³-hybridized carbons (Fsp3) is 0.353. The zero-order valence-corrected chi connectivity index (χ0v) is 17.2. The molecule has 1 aromatic carbocycles. The van der Waals surface area contributed by atoms with Gasteiger partial charge in [0.1, 0.15) is 22.2 Å². The van der Waals surface area contributed by atoms with Crippen LogP contribution in [0.2, 0.25) is 0 Å². The van der Waals surface area contributed by atoms with E-state index in [2.05, 4.69) is 21.0 Å². The smallest absolute Gasteiger partial charge is 0.262 e. The van der Waals surface area contributed by atoms with Crippen LogP contribution in [0.15, 0.2) is 42.6 Å². The predicted octanol–water partition coefficient (Wildman–Crippen LogP) is 3.18. The second-order valence-corrected chi connectivity index (χ2v) is 9.72. The molecule has 136 valence electrons. The highest BCUT2D eigenvalue weighted by Crippen LogP contribution is 2.48. The summed E-state index contributed by atoms with van der Waals surface area (Å²) >= 11 is 10.9. The second-order valence-electron chi connectivity index (χ2n) is 6.69. The molecule has 4 rings (SSSR count). The topological polar surface area (TPSA) is 58.4 Å².